The molecule has 3 N–H and O–H groups in total. The zero-order chi connectivity index (χ0) is 17.1. The number of benzene rings is 2. The molecule has 0 aliphatic rings. The third-order valence-corrected chi connectivity index (χ3v) is 3.57. The minimum atomic E-state index is -1.02. The predicted molar refractivity (Wildman–Crippen MR) is 84.0 cm³/mol. The number of phenolic OH excluding ortho intramolecular Hbond substituents is 2. The molecule has 6 nitrogen and oxygen atoms in total. The van der Waals surface area contributed by atoms with Gasteiger partial charge in [-0.3, -0.25) is 4.79 Å². The van der Waals surface area contributed by atoms with Crippen LogP contribution in [0.4, 0.5) is 0 Å². The number of carboxylic acids is 1. The van der Waals surface area contributed by atoms with Crippen molar-refractivity contribution in [1.82, 2.24) is 4.90 Å². The van der Waals surface area contributed by atoms with Crippen molar-refractivity contribution in [3.8, 4) is 11.5 Å². The van der Waals surface area contributed by atoms with Gasteiger partial charge >= 0.3 is 5.97 Å². The fourth-order valence-electron chi connectivity index (χ4n) is 2.03. The van der Waals surface area contributed by atoms with E-state index in [1.807, 2.05) is 0 Å². The molecule has 0 unspecified atom stereocenters. The number of amides is 1. The Morgan fingerprint density at radius 3 is 2.26 bits per heavy atom. The van der Waals surface area contributed by atoms with Gasteiger partial charge in [0.25, 0.3) is 5.91 Å². The maximum Gasteiger partial charge on any atom is 0.335 e. The van der Waals surface area contributed by atoms with Crippen LogP contribution < -0.4 is 0 Å². The van der Waals surface area contributed by atoms with Crippen molar-refractivity contribution >= 4 is 23.5 Å². The Balaban J connectivity index is 2.17. The summed E-state index contributed by atoms with van der Waals surface area (Å²) in [5.74, 6) is -2.19. The lowest BCUT2D eigenvalue weighted by Gasteiger charge is -2.18. The number of carboxylic acid groups (broad SMARTS) is 1. The molecule has 0 aromatic heterocycles. The number of rotatable bonds is 4. The summed E-state index contributed by atoms with van der Waals surface area (Å²) in [6.07, 6.45) is 0. The van der Waals surface area contributed by atoms with Gasteiger partial charge in [0.1, 0.15) is 11.5 Å². The van der Waals surface area contributed by atoms with Crippen LogP contribution in [0.15, 0.2) is 36.4 Å². The Kier molecular flexibility index (Phi) is 4.76. The summed E-state index contributed by atoms with van der Waals surface area (Å²) < 4.78 is 0. The van der Waals surface area contributed by atoms with Crippen molar-refractivity contribution in [1.29, 1.82) is 0 Å². The number of phenols is 2. The summed E-state index contributed by atoms with van der Waals surface area (Å²) >= 11 is 5.75. The molecule has 2 aromatic rings. The van der Waals surface area contributed by atoms with Gasteiger partial charge in [-0.15, -0.1) is 0 Å². The fourth-order valence-corrected chi connectivity index (χ4v) is 2.19. The van der Waals surface area contributed by atoms with Crippen LogP contribution in [-0.2, 0) is 6.54 Å². The Hall–Kier alpha value is -2.73. The molecular weight excluding hydrogens is 322 g/mol. The number of carbonyl (C=O) groups excluding carboxylic acids is 1. The lowest BCUT2D eigenvalue weighted by Crippen LogP contribution is -2.26. The molecule has 7 heteroatoms. The van der Waals surface area contributed by atoms with Crippen molar-refractivity contribution < 1.29 is 24.9 Å². The summed E-state index contributed by atoms with van der Waals surface area (Å²) in [6, 6.07) is 8.31. The Morgan fingerprint density at radius 1 is 1.09 bits per heavy atom. The van der Waals surface area contributed by atoms with E-state index in [9.17, 15) is 19.8 Å². The number of nitrogens with zero attached hydrogens (tertiary/aromatic N) is 1. The maximum atomic E-state index is 12.3. The lowest BCUT2D eigenvalue weighted by atomic mass is 10.1. The largest absolute Gasteiger partial charge is 0.507 e. The van der Waals surface area contributed by atoms with Crippen LogP contribution in [0, 0.1) is 0 Å². The minimum absolute atomic E-state index is 0.0301. The highest BCUT2D eigenvalue weighted by Gasteiger charge is 2.18. The van der Waals surface area contributed by atoms with Gasteiger partial charge in [-0.05, 0) is 23.8 Å². The number of aromatic hydroxyl groups is 2. The van der Waals surface area contributed by atoms with E-state index < -0.39 is 11.9 Å². The van der Waals surface area contributed by atoms with Gasteiger partial charge in [0.15, 0.2) is 0 Å². The van der Waals surface area contributed by atoms with Crippen molar-refractivity contribution in [2.24, 2.45) is 0 Å². The first-order chi connectivity index (χ1) is 10.8. The highest BCUT2D eigenvalue weighted by molar-refractivity contribution is 6.32. The van der Waals surface area contributed by atoms with E-state index in [2.05, 4.69) is 0 Å². The van der Waals surface area contributed by atoms with Gasteiger partial charge in [-0.25, -0.2) is 4.79 Å². The van der Waals surface area contributed by atoms with Crippen LogP contribution in [-0.4, -0.2) is 39.1 Å². The average Bonchev–Trinajstić information content (AvgIpc) is 2.50. The van der Waals surface area contributed by atoms with Crippen molar-refractivity contribution in [2.45, 2.75) is 6.54 Å². The number of hydrogen-bond acceptors (Lipinski definition) is 4. The zero-order valence-electron chi connectivity index (χ0n) is 12.2. The summed E-state index contributed by atoms with van der Waals surface area (Å²) in [7, 11) is 1.54. The predicted octanol–water partition coefficient (Wildman–Crippen LogP) is 2.72. The molecule has 0 bridgehead atoms. The number of carbonyl (C=O) groups is 2. The van der Waals surface area contributed by atoms with Gasteiger partial charge in [0.2, 0.25) is 0 Å². The second-order valence-corrected chi connectivity index (χ2v) is 5.39. The quantitative estimate of drug-likeness (QED) is 0.798. The Bertz CT molecular complexity index is 758. The summed E-state index contributed by atoms with van der Waals surface area (Å²) in [4.78, 5) is 24.5. The summed E-state index contributed by atoms with van der Waals surface area (Å²) in [6.45, 7) is 0.219. The third kappa shape index (κ3) is 3.73. The van der Waals surface area contributed by atoms with E-state index in [-0.39, 0.29) is 34.2 Å². The lowest BCUT2D eigenvalue weighted by molar-refractivity contribution is 0.0695. The van der Waals surface area contributed by atoms with Crippen LogP contribution in [0.2, 0.25) is 5.02 Å². The molecule has 0 saturated carbocycles. The number of halogens is 1. The van der Waals surface area contributed by atoms with Crippen molar-refractivity contribution in [2.75, 3.05) is 7.05 Å². The molecule has 0 aliphatic heterocycles. The normalized spacial score (nSPS) is 10.3. The molecule has 0 radical (unpaired) electrons. The molecular formula is C16H14ClNO5. The Morgan fingerprint density at radius 2 is 1.70 bits per heavy atom. The highest BCUT2D eigenvalue weighted by atomic mass is 35.5. The van der Waals surface area contributed by atoms with Gasteiger partial charge < -0.3 is 20.2 Å². The molecule has 0 spiro atoms. The zero-order valence-corrected chi connectivity index (χ0v) is 12.9. The molecule has 0 saturated heterocycles. The molecule has 0 atom stereocenters. The molecule has 2 aromatic carbocycles. The van der Waals surface area contributed by atoms with E-state index in [0.717, 1.165) is 11.6 Å². The minimum Gasteiger partial charge on any atom is -0.507 e. The van der Waals surface area contributed by atoms with Crippen LogP contribution in [0.25, 0.3) is 0 Å². The van der Waals surface area contributed by atoms with Gasteiger partial charge in [0, 0.05) is 19.7 Å². The standard InChI is InChI=1S/C16H14ClNO5/c1-18(8-9-2-4-10(5-3-9)16(22)23)15(21)11-6-12(17)14(20)7-13(11)19/h2-7,19-20H,8H2,1H3,(H,22,23). The van der Waals surface area contributed by atoms with Crippen molar-refractivity contribution in [3.05, 3.63) is 58.1 Å². The summed E-state index contributed by atoms with van der Waals surface area (Å²) in [5, 5.41) is 28.0. The van der Waals surface area contributed by atoms with E-state index in [1.54, 1.807) is 12.1 Å². The first-order valence-electron chi connectivity index (χ1n) is 6.58. The smallest absolute Gasteiger partial charge is 0.335 e. The maximum absolute atomic E-state index is 12.3. The molecule has 0 heterocycles. The van der Waals surface area contributed by atoms with Crippen LogP contribution >= 0.6 is 11.6 Å². The second-order valence-electron chi connectivity index (χ2n) is 4.98. The van der Waals surface area contributed by atoms with Crippen LogP contribution in [0.1, 0.15) is 26.3 Å². The van der Waals surface area contributed by atoms with Crippen molar-refractivity contribution in [3.63, 3.8) is 0 Å². The van der Waals surface area contributed by atoms with E-state index in [4.69, 9.17) is 16.7 Å². The molecule has 23 heavy (non-hydrogen) atoms. The third-order valence-electron chi connectivity index (χ3n) is 3.26. The molecule has 0 aliphatic carbocycles. The number of hydrogen-bond donors (Lipinski definition) is 3. The average molecular weight is 336 g/mol. The SMILES string of the molecule is CN(Cc1ccc(C(=O)O)cc1)C(=O)c1cc(Cl)c(O)cc1O. The fraction of sp³-hybridized carbons (Fsp3) is 0.125. The van der Waals surface area contributed by atoms with E-state index in [1.165, 1.54) is 30.1 Å². The summed E-state index contributed by atoms with van der Waals surface area (Å²) in [5.41, 5.74) is 0.860. The first-order valence-corrected chi connectivity index (χ1v) is 6.96. The Labute approximate surface area is 137 Å². The topological polar surface area (TPSA) is 98.1 Å². The second kappa shape index (κ2) is 6.58. The molecule has 0 fully saturated rings. The molecule has 2 rings (SSSR count). The molecule has 120 valence electrons. The van der Waals surface area contributed by atoms with E-state index >= 15 is 0 Å². The van der Waals surface area contributed by atoms with Crippen LogP contribution in [0.3, 0.4) is 0 Å². The van der Waals surface area contributed by atoms with Gasteiger partial charge in [0.05, 0.1) is 16.1 Å². The number of aromatic carboxylic acids is 1. The van der Waals surface area contributed by atoms with Crippen LogP contribution in [0.5, 0.6) is 11.5 Å². The molecule has 1 amide bonds. The van der Waals surface area contributed by atoms with Gasteiger partial charge in [-0.1, -0.05) is 23.7 Å². The highest BCUT2D eigenvalue weighted by Crippen LogP contribution is 2.31. The van der Waals surface area contributed by atoms with E-state index in [0.29, 0.717) is 0 Å². The first kappa shape index (κ1) is 16.6. The monoisotopic (exact) mass is 335 g/mol. The van der Waals surface area contributed by atoms with Gasteiger partial charge in [-0.2, -0.15) is 0 Å².